The van der Waals surface area contributed by atoms with Gasteiger partial charge in [-0.25, -0.2) is 9.78 Å². The number of ether oxygens (including phenoxy) is 1. The van der Waals surface area contributed by atoms with E-state index in [9.17, 15) is 27.6 Å². The fraction of sp³-hybridized carbons (Fsp3) is 0.357. The van der Waals surface area contributed by atoms with Gasteiger partial charge in [-0.3, -0.25) is 19.8 Å². The number of benzene rings is 2. The number of aromatic nitrogens is 2. The molecule has 42 heavy (non-hydrogen) atoms. The van der Waals surface area contributed by atoms with E-state index in [0.29, 0.717) is 29.4 Å². The first-order valence-corrected chi connectivity index (χ1v) is 13.5. The van der Waals surface area contributed by atoms with Gasteiger partial charge in [0.05, 0.1) is 18.7 Å². The normalized spacial score (nSPS) is 11.3. The number of hydrogen-bond acceptors (Lipinski definition) is 6. The predicted octanol–water partition coefficient (Wildman–Crippen LogP) is 5.17. The molecule has 0 saturated carbocycles. The zero-order valence-corrected chi connectivity index (χ0v) is 24.1. The summed E-state index contributed by atoms with van der Waals surface area (Å²) in [7, 11) is 0. The molecule has 0 bridgehead atoms. The number of alkyl halides is 3. The highest BCUT2D eigenvalue weighted by molar-refractivity contribution is 6.30. The number of carbonyl (C=O) groups is 3. The Morgan fingerprint density at radius 2 is 1.74 bits per heavy atom. The molecule has 0 aliphatic heterocycles. The number of nitrogens with one attached hydrogen (secondary N) is 3. The zero-order valence-electron chi connectivity index (χ0n) is 23.3. The van der Waals surface area contributed by atoms with Crippen LogP contribution in [0.1, 0.15) is 41.2 Å². The van der Waals surface area contributed by atoms with E-state index < -0.39 is 29.6 Å². The second kappa shape index (κ2) is 14.7. The maximum Gasteiger partial charge on any atom is 0.416 e. The molecule has 10 nitrogen and oxygen atoms in total. The van der Waals surface area contributed by atoms with Gasteiger partial charge in [-0.2, -0.15) is 13.2 Å². The average molecular weight is 609 g/mol. The first kappa shape index (κ1) is 32.4. The smallest absolute Gasteiger partial charge is 0.416 e. The maximum absolute atomic E-state index is 13.0. The van der Waals surface area contributed by atoms with Gasteiger partial charge < -0.3 is 19.9 Å². The van der Waals surface area contributed by atoms with Crippen molar-refractivity contribution in [3.63, 3.8) is 0 Å². The SMILES string of the molecule is CCN(CC)CC(=O)OCCNC(=O)c1nc(NC(=O)Nc2ccc(Cl)cc2C)cn1Cc1ccc(C(F)(F)F)cc1. The summed E-state index contributed by atoms with van der Waals surface area (Å²) < 4.78 is 45.5. The molecular formula is C28H32ClF3N6O4. The molecule has 0 saturated heterocycles. The second-order valence-corrected chi connectivity index (χ2v) is 9.68. The van der Waals surface area contributed by atoms with E-state index in [1.165, 1.54) is 22.9 Å². The molecule has 0 unspecified atom stereocenters. The topological polar surface area (TPSA) is 118 Å². The number of anilines is 2. The van der Waals surface area contributed by atoms with Crippen molar-refractivity contribution in [1.29, 1.82) is 0 Å². The Labute approximate surface area is 246 Å². The number of hydrogen-bond donors (Lipinski definition) is 3. The molecule has 0 aliphatic rings. The Hall–Kier alpha value is -4.10. The van der Waals surface area contributed by atoms with E-state index in [4.69, 9.17) is 16.3 Å². The molecule has 3 amide bonds. The summed E-state index contributed by atoms with van der Waals surface area (Å²) in [5, 5.41) is 8.34. The summed E-state index contributed by atoms with van der Waals surface area (Å²) in [5.74, 6) is -1.14. The van der Waals surface area contributed by atoms with E-state index >= 15 is 0 Å². The molecule has 1 aromatic heterocycles. The van der Waals surface area contributed by atoms with E-state index in [1.54, 1.807) is 25.1 Å². The quantitative estimate of drug-likeness (QED) is 0.193. The highest BCUT2D eigenvalue weighted by Gasteiger charge is 2.30. The number of urea groups is 1. The molecular weight excluding hydrogens is 577 g/mol. The van der Waals surface area contributed by atoms with Crippen LogP contribution in [0.15, 0.2) is 48.7 Å². The van der Waals surface area contributed by atoms with Crippen LogP contribution in [-0.4, -0.2) is 65.1 Å². The van der Waals surface area contributed by atoms with E-state index in [-0.39, 0.29) is 37.9 Å². The third-order valence-corrected chi connectivity index (χ3v) is 6.42. The first-order valence-electron chi connectivity index (χ1n) is 13.1. The third kappa shape index (κ3) is 9.48. The Kier molecular flexibility index (Phi) is 11.3. The number of amides is 3. The molecule has 0 fully saturated rings. The van der Waals surface area contributed by atoms with Gasteiger partial charge in [-0.1, -0.05) is 37.6 Å². The van der Waals surface area contributed by atoms with Gasteiger partial charge in [0.1, 0.15) is 6.61 Å². The lowest BCUT2D eigenvalue weighted by atomic mass is 10.1. The fourth-order valence-corrected chi connectivity index (χ4v) is 4.12. The summed E-state index contributed by atoms with van der Waals surface area (Å²) >= 11 is 5.96. The van der Waals surface area contributed by atoms with Crippen LogP contribution in [0, 0.1) is 6.92 Å². The fourth-order valence-electron chi connectivity index (χ4n) is 3.89. The van der Waals surface area contributed by atoms with Gasteiger partial charge in [0.25, 0.3) is 5.91 Å². The van der Waals surface area contributed by atoms with Crippen LogP contribution in [0.3, 0.4) is 0 Å². The number of esters is 1. The van der Waals surface area contributed by atoms with Crippen LogP contribution < -0.4 is 16.0 Å². The standard InChI is InChI=1S/C28H32ClF3N6O4/c1-4-37(5-2)17-24(39)42-13-12-33-26(40)25-35-23(36-27(41)34-22-11-10-21(29)14-18(22)3)16-38(25)15-19-6-8-20(9-7-19)28(30,31)32/h6-11,14,16H,4-5,12-13,15,17H2,1-3H3,(H,33,40)(H2,34,36,41). The summed E-state index contributed by atoms with van der Waals surface area (Å²) in [6.45, 7) is 7.05. The van der Waals surface area contributed by atoms with Crippen LogP contribution in [0.25, 0.3) is 0 Å². The van der Waals surface area contributed by atoms with Crippen molar-refractivity contribution in [1.82, 2.24) is 19.8 Å². The minimum absolute atomic E-state index is 0.00491. The average Bonchev–Trinajstić information content (AvgIpc) is 3.32. The van der Waals surface area contributed by atoms with Gasteiger partial charge in [0.15, 0.2) is 5.82 Å². The molecule has 2 aromatic carbocycles. The molecule has 0 radical (unpaired) electrons. The maximum atomic E-state index is 13.0. The predicted molar refractivity (Wildman–Crippen MR) is 153 cm³/mol. The highest BCUT2D eigenvalue weighted by Crippen LogP contribution is 2.29. The monoisotopic (exact) mass is 608 g/mol. The molecule has 0 aliphatic carbocycles. The van der Waals surface area contributed by atoms with Gasteiger partial charge in [0, 0.05) is 23.5 Å². The van der Waals surface area contributed by atoms with Gasteiger partial charge >= 0.3 is 18.2 Å². The van der Waals surface area contributed by atoms with Crippen LogP contribution >= 0.6 is 11.6 Å². The lowest BCUT2D eigenvalue weighted by Gasteiger charge is -2.16. The molecule has 0 atom stereocenters. The number of aryl methyl sites for hydroxylation is 1. The molecule has 1 heterocycles. The third-order valence-electron chi connectivity index (χ3n) is 6.19. The van der Waals surface area contributed by atoms with Gasteiger partial charge in [0.2, 0.25) is 5.82 Å². The van der Waals surface area contributed by atoms with Crippen LogP contribution in [-0.2, 0) is 22.3 Å². The van der Waals surface area contributed by atoms with Crippen molar-refractivity contribution in [3.05, 3.63) is 76.2 Å². The molecule has 226 valence electrons. The molecule has 3 N–H and O–H groups in total. The summed E-state index contributed by atoms with van der Waals surface area (Å²) in [4.78, 5) is 43.7. The number of likely N-dealkylation sites (N-methyl/N-ethyl adjacent to an activating group) is 1. The number of imidazole rings is 1. The highest BCUT2D eigenvalue weighted by atomic mass is 35.5. The Morgan fingerprint density at radius 3 is 2.36 bits per heavy atom. The second-order valence-electron chi connectivity index (χ2n) is 9.25. The van der Waals surface area contributed by atoms with Gasteiger partial charge in [-0.05, 0) is 61.5 Å². The number of halogens is 4. The van der Waals surface area contributed by atoms with Crippen molar-refractivity contribution >= 4 is 41.0 Å². The van der Waals surface area contributed by atoms with Crippen molar-refractivity contribution in [2.24, 2.45) is 0 Å². The summed E-state index contributed by atoms with van der Waals surface area (Å²) in [6, 6.07) is 8.77. The Balaban J connectivity index is 1.71. The zero-order chi connectivity index (χ0) is 30.9. The Morgan fingerprint density at radius 1 is 1.05 bits per heavy atom. The Bertz CT molecular complexity index is 1390. The molecule has 0 spiro atoms. The molecule has 14 heteroatoms. The van der Waals surface area contributed by atoms with Gasteiger partial charge in [-0.15, -0.1) is 0 Å². The van der Waals surface area contributed by atoms with E-state index in [0.717, 1.165) is 17.7 Å². The van der Waals surface area contributed by atoms with E-state index in [2.05, 4.69) is 20.9 Å². The summed E-state index contributed by atoms with van der Waals surface area (Å²) in [6.07, 6.45) is -3.09. The first-order chi connectivity index (χ1) is 19.9. The molecule has 3 rings (SSSR count). The van der Waals surface area contributed by atoms with Crippen LogP contribution in [0.4, 0.5) is 29.5 Å². The van der Waals surface area contributed by atoms with Crippen molar-refractivity contribution < 1.29 is 32.3 Å². The number of rotatable bonds is 12. The lowest BCUT2D eigenvalue weighted by Crippen LogP contribution is -2.33. The number of carbonyl (C=O) groups excluding carboxylic acids is 3. The number of nitrogens with zero attached hydrogens (tertiary/aromatic N) is 3. The van der Waals surface area contributed by atoms with Crippen LogP contribution in [0.2, 0.25) is 5.02 Å². The van der Waals surface area contributed by atoms with Crippen molar-refractivity contribution in [3.8, 4) is 0 Å². The minimum atomic E-state index is -4.49. The largest absolute Gasteiger partial charge is 0.463 e. The minimum Gasteiger partial charge on any atom is -0.463 e. The van der Waals surface area contributed by atoms with E-state index in [1.807, 2.05) is 18.7 Å². The van der Waals surface area contributed by atoms with Crippen LogP contribution in [0.5, 0.6) is 0 Å². The summed E-state index contributed by atoms with van der Waals surface area (Å²) in [5.41, 5.74) is 0.896. The van der Waals surface area contributed by atoms with Crippen molar-refractivity contribution in [2.75, 3.05) is 43.4 Å². The molecule has 3 aromatic rings. The van der Waals surface area contributed by atoms with Crippen molar-refractivity contribution in [2.45, 2.75) is 33.5 Å². The lowest BCUT2D eigenvalue weighted by molar-refractivity contribution is -0.144.